The van der Waals surface area contributed by atoms with Crippen LogP contribution in [0.3, 0.4) is 0 Å². The third-order valence-corrected chi connectivity index (χ3v) is 17.4. The Morgan fingerprint density at radius 1 is 0.569 bits per heavy atom. The number of esters is 2. The summed E-state index contributed by atoms with van der Waals surface area (Å²) >= 11 is 0. The average Bonchev–Trinajstić information content (AvgIpc) is 4.07. The first-order valence-corrected chi connectivity index (χ1v) is 27.3. The van der Waals surface area contributed by atoms with Crippen LogP contribution in [0.4, 0.5) is 0 Å². The molecule has 0 radical (unpaired) electrons. The first-order chi connectivity index (χ1) is 35.2. The Labute approximate surface area is 426 Å². The van der Waals surface area contributed by atoms with Crippen LogP contribution in [0, 0.1) is 0 Å². The summed E-state index contributed by atoms with van der Waals surface area (Å²) in [4.78, 5) is 38.7. The lowest BCUT2D eigenvalue weighted by Crippen LogP contribution is -2.52. The molecule has 4 fully saturated rings. The van der Waals surface area contributed by atoms with Gasteiger partial charge in [0.2, 0.25) is 0 Å². The molecule has 0 unspecified atom stereocenters. The minimum absolute atomic E-state index is 0.134. The highest BCUT2D eigenvalue weighted by atomic mass is 16.6. The second-order valence-corrected chi connectivity index (χ2v) is 21.6. The van der Waals surface area contributed by atoms with Gasteiger partial charge >= 0.3 is 11.9 Å². The van der Waals surface area contributed by atoms with Crippen LogP contribution in [0.15, 0.2) is 109 Å². The molecule has 12 heteroatoms. The molecular weight excluding hydrogens is 905 g/mol. The van der Waals surface area contributed by atoms with E-state index < -0.39 is 23.4 Å². The SMILES string of the molecule is CCO[C@H]1CC[C@](NCC[C@@]2(c3ccccn3)CCOC3(CCCC3)C2)(OC(=O)/C=C/C(=O)O[C@@]2(NCC[C@@]3(c4ccccn4)CCOC4(CCCC4)C3)CC[C@H](OCC)c3ccccc32)c2ccccc21. The Balaban J connectivity index is 0.902. The van der Waals surface area contributed by atoms with Crippen molar-refractivity contribution in [1.82, 2.24) is 20.6 Å². The molecule has 12 nitrogen and oxygen atoms in total. The number of hydrogen-bond acceptors (Lipinski definition) is 12. The number of carbonyl (C=O) groups is 2. The summed E-state index contributed by atoms with van der Waals surface area (Å²) in [6, 6.07) is 28.6. The van der Waals surface area contributed by atoms with E-state index in [1.54, 1.807) is 0 Å². The third kappa shape index (κ3) is 10.5. The van der Waals surface area contributed by atoms with Crippen molar-refractivity contribution >= 4 is 11.9 Å². The standard InChI is InChI=1S/C60H76N4O8/c1-3-67-49-25-31-59(47-19-7-5-17-45(47)49,63-39-33-55(51-21-9-15-37-61-51)35-41-69-57(43-55)27-11-12-28-57)71-53(65)23-24-54(66)72-60(32-26-50(68-4-2)46-18-6-8-20-48(46)60)64-40-34-56(52-22-10-16-38-62-52)36-42-70-58(44-56)29-13-14-30-58/h5-10,15-24,37-38,49-50,63-64H,3-4,11-14,25-36,39-44H2,1-2H3/b24-23+/t49-,50-,55+,56+,59-,60-/m0/s1. The summed E-state index contributed by atoms with van der Waals surface area (Å²) in [5.41, 5.74) is 2.84. The summed E-state index contributed by atoms with van der Waals surface area (Å²) in [5, 5.41) is 7.64. The lowest BCUT2D eigenvalue weighted by atomic mass is 9.68. The maximum absolute atomic E-state index is 14.4. The van der Waals surface area contributed by atoms with Crippen molar-refractivity contribution in [3.63, 3.8) is 0 Å². The fourth-order valence-corrected chi connectivity index (χ4v) is 14.1. The Morgan fingerprint density at radius 3 is 1.39 bits per heavy atom. The van der Waals surface area contributed by atoms with Gasteiger partial charge in [0, 0.05) is 97.2 Å². The fourth-order valence-electron chi connectivity index (χ4n) is 14.1. The molecule has 6 aliphatic rings. The number of carbonyl (C=O) groups excluding carboxylic acids is 2. The molecular formula is C60H76N4O8. The molecule has 0 amide bonds. The second-order valence-electron chi connectivity index (χ2n) is 21.6. The van der Waals surface area contributed by atoms with Gasteiger partial charge in [0.15, 0.2) is 11.4 Å². The molecule has 4 aliphatic carbocycles. The van der Waals surface area contributed by atoms with E-state index in [0.717, 1.165) is 97.8 Å². The van der Waals surface area contributed by atoms with Gasteiger partial charge in [0.05, 0.1) is 23.4 Å². The Hall–Kier alpha value is -4.82. The minimum atomic E-state index is -1.18. The highest BCUT2D eigenvalue weighted by Gasteiger charge is 2.52. The number of fused-ring (bicyclic) bond motifs is 2. The largest absolute Gasteiger partial charge is 0.436 e. The zero-order valence-electron chi connectivity index (χ0n) is 42.7. The van der Waals surface area contributed by atoms with Gasteiger partial charge in [-0.05, 0) is 139 Å². The molecule has 2 aliphatic heterocycles. The molecule has 2 aromatic carbocycles. The molecule has 10 rings (SSSR count). The monoisotopic (exact) mass is 981 g/mol. The number of ether oxygens (including phenoxy) is 6. The first-order valence-electron chi connectivity index (χ1n) is 27.3. The van der Waals surface area contributed by atoms with E-state index >= 15 is 0 Å². The van der Waals surface area contributed by atoms with Crippen molar-refractivity contribution in [2.24, 2.45) is 0 Å². The van der Waals surface area contributed by atoms with Crippen molar-refractivity contribution in [2.45, 2.75) is 175 Å². The average molecular weight is 981 g/mol. The van der Waals surface area contributed by atoms with Crippen LogP contribution in [0.1, 0.15) is 175 Å². The van der Waals surface area contributed by atoms with Crippen LogP contribution in [-0.2, 0) is 60.3 Å². The van der Waals surface area contributed by atoms with Gasteiger partial charge in [-0.25, -0.2) is 9.59 Å². The molecule has 2 saturated heterocycles. The zero-order valence-corrected chi connectivity index (χ0v) is 42.7. The molecule has 72 heavy (non-hydrogen) atoms. The van der Waals surface area contributed by atoms with Crippen LogP contribution in [0.2, 0.25) is 0 Å². The predicted octanol–water partition coefficient (Wildman–Crippen LogP) is 10.9. The molecule has 2 spiro atoms. The van der Waals surface area contributed by atoms with E-state index in [4.69, 9.17) is 38.4 Å². The van der Waals surface area contributed by atoms with Crippen LogP contribution in [0.25, 0.3) is 0 Å². The highest BCUT2D eigenvalue weighted by molar-refractivity contribution is 5.92. The zero-order chi connectivity index (χ0) is 49.5. The van der Waals surface area contributed by atoms with Crippen LogP contribution in [0.5, 0.6) is 0 Å². The molecule has 2 aromatic heterocycles. The van der Waals surface area contributed by atoms with Crippen molar-refractivity contribution in [3.8, 4) is 0 Å². The fraction of sp³-hybridized carbons (Fsp3) is 0.567. The molecule has 6 atom stereocenters. The van der Waals surface area contributed by atoms with Crippen molar-refractivity contribution in [3.05, 3.63) is 143 Å². The van der Waals surface area contributed by atoms with Gasteiger partial charge in [0.1, 0.15) is 0 Å². The van der Waals surface area contributed by atoms with Gasteiger partial charge in [0.25, 0.3) is 0 Å². The first kappa shape index (κ1) is 50.7. The summed E-state index contributed by atoms with van der Waals surface area (Å²) in [5.74, 6) is -1.28. The van der Waals surface area contributed by atoms with Crippen molar-refractivity contribution < 1.29 is 38.0 Å². The van der Waals surface area contributed by atoms with Gasteiger partial charge < -0.3 is 28.4 Å². The molecule has 384 valence electrons. The number of pyridine rings is 2. The van der Waals surface area contributed by atoms with E-state index in [1.807, 2.05) is 74.8 Å². The summed E-state index contributed by atoms with van der Waals surface area (Å²) in [7, 11) is 0. The normalized spacial score (nSPS) is 29.5. The lowest BCUT2D eigenvalue weighted by Gasteiger charge is -2.47. The van der Waals surface area contributed by atoms with Gasteiger partial charge in [-0.1, -0.05) is 86.3 Å². The van der Waals surface area contributed by atoms with E-state index in [0.29, 0.717) is 65.2 Å². The number of nitrogens with one attached hydrogen (secondary N) is 2. The van der Waals surface area contributed by atoms with Crippen molar-refractivity contribution in [2.75, 3.05) is 39.5 Å². The van der Waals surface area contributed by atoms with E-state index in [9.17, 15) is 9.59 Å². The number of rotatable bonds is 18. The number of nitrogens with zero attached hydrogens (tertiary/aromatic N) is 2. The highest BCUT2D eigenvalue weighted by Crippen LogP contribution is 2.52. The maximum Gasteiger partial charge on any atom is 0.333 e. The van der Waals surface area contributed by atoms with E-state index in [1.165, 1.54) is 37.8 Å². The quantitative estimate of drug-likeness (QED) is 0.0557. The number of benzene rings is 2. The molecule has 4 heterocycles. The number of aromatic nitrogens is 2. The Kier molecular flexibility index (Phi) is 15.5. The number of hydrogen-bond donors (Lipinski definition) is 2. The molecule has 2 N–H and O–H groups in total. The van der Waals surface area contributed by atoms with Gasteiger partial charge in [-0.15, -0.1) is 0 Å². The maximum atomic E-state index is 14.4. The van der Waals surface area contributed by atoms with Gasteiger partial charge in [-0.2, -0.15) is 0 Å². The van der Waals surface area contributed by atoms with Crippen molar-refractivity contribution in [1.29, 1.82) is 0 Å². The second kappa shape index (κ2) is 21.9. The topological polar surface area (TPSA) is 139 Å². The van der Waals surface area contributed by atoms with E-state index in [-0.39, 0.29) is 34.2 Å². The minimum Gasteiger partial charge on any atom is -0.436 e. The summed E-state index contributed by atoms with van der Waals surface area (Å²) < 4.78 is 39.0. The summed E-state index contributed by atoms with van der Waals surface area (Å²) in [6.45, 7) is 7.64. The summed E-state index contributed by atoms with van der Waals surface area (Å²) in [6.07, 6.45) is 22.3. The molecule has 0 bridgehead atoms. The smallest absolute Gasteiger partial charge is 0.333 e. The Morgan fingerprint density at radius 2 is 0.986 bits per heavy atom. The third-order valence-electron chi connectivity index (χ3n) is 17.4. The Bertz CT molecular complexity index is 2320. The van der Waals surface area contributed by atoms with Gasteiger partial charge in [-0.3, -0.25) is 20.6 Å². The molecule has 2 saturated carbocycles. The molecule has 4 aromatic rings. The van der Waals surface area contributed by atoms with Crippen LogP contribution in [-0.4, -0.2) is 72.6 Å². The van der Waals surface area contributed by atoms with E-state index in [2.05, 4.69) is 47.0 Å². The predicted molar refractivity (Wildman–Crippen MR) is 275 cm³/mol. The van der Waals surface area contributed by atoms with Crippen LogP contribution < -0.4 is 10.6 Å². The lowest BCUT2D eigenvalue weighted by molar-refractivity contribution is -0.167. The van der Waals surface area contributed by atoms with Crippen LogP contribution >= 0.6 is 0 Å².